The Hall–Kier alpha value is -1.33. The lowest BCUT2D eigenvalue weighted by atomic mass is 10.1. The molecule has 0 aliphatic carbocycles. The molecule has 0 aliphatic heterocycles. The van der Waals surface area contributed by atoms with Gasteiger partial charge in [0.15, 0.2) is 0 Å². The van der Waals surface area contributed by atoms with Crippen molar-refractivity contribution in [1.82, 2.24) is 0 Å². The minimum Gasteiger partial charge on any atom is -0.314 e. The van der Waals surface area contributed by atoms with E-state index in [0.29, 0.717) is 0 Å². The van der Waals surface area contributed by atoms with E-state index in [1.54, 1.807) is 0 Å². The Kier molecular flexibility index (Phi) is 3.22. The Morgan fingerprint density at radius 3 is 2.18 bits per heavy atom. The van der Waals surface area contributed by atoms with Gasteiger partial charge in [0, 0.05) is 10.6 Å². The smallest absolute Gasteiger partial charge is 0.140 e. The van der Waals surface area contributed by atoms with Crippen molar-refractivity contribution in [2.75, 3.05) is 6.66 Å². The summed E-state index contributed by atoms with van der Waals surface area (Å²) < 4.78 is 13.0. The van der Waals surface area contributed by atoms with Crippen LogP contribution in [0.1, 0.15) is 11.1 Å². The second-order valence-corrected chi connectivity index (χ2v) is 7.33. The quantitative estimate of drug-likeness (QED) is 0.741. The third-order valence-electron chi connectivity index (χ3n) is 3.28. The molecule has 88 valence electrons. The minimum atomic E-state index is -2.46. The van der Waals surface area contributed by atoms with Crippen LogP contribution in [0.15, 0.2) is 48.5 Å². The Morgan fingerprint density at radius 2 is 1.53 bits per heavy atom. The van der Waals surface area contributed by atoms with Gasteiger partial charge in [0.25, 0.3) is 0 Å². The van der Waals surface area contributed by atoms with E-state index in [1.807, 2.05) is 56.1 Å². The second kappa shape index (κ2) is 4.50. The molecule has 0 N–H and O–H groups in total. The van der Waals surface area contributed by atoms with Crippen molar-refractivity contribution in [3.8, 4) is 0 Å². The molecule has 17 heavy (non-hydrogen) atoms. The first-order valence-electron chi connectivity index (χ1n) is 5.73. The fourth-order valence-electron chi connectivity index (χ4n) is 2.05. The molecule has 1 nitrogen and oxygen atoms in total. The van der Waals surface area contributed by atoms with Gasteiger partial charge in [0.1, 0.15) is 7.14 Å². The number of hydrogen-bond donors (Lipinski definition) is 0. The molecule has 1 atom stereocenters. The Labute approximate surface area is 103 Å². The fraction of sp³-hybridized carbons (Fsp3) is 0.200. The molecule has 0 saturated heterocycles. The standard InChI is InChI=1S/C15H17OP/c1-12-8-7-11-15(13(12)2)17(3,16)14-9-5-4-6-10-14/h4-11H,1-3H3. The first-order valence-corrected chi connectivity index (χ1v) is 7.89. The SMILES string of the molecule is Cc1cccc(P(C)(=O)c2ccccc2)c1C. The monoisotopic (exact) mass is 244 g/mol. The van der Waals surface area contributed by atoms with Crippen LogP contribution >= 0.6 is 7.14 Å². The summed E-state index contributed by atoms with van der Waals surface area (Å²) in [4.78, 5) is 0. The van der Waals surface area contributed by atoms with E-state index in [0.717, 1.165) is 16.2 Å². The van der Waals surface area contributed by atoms with E-state index >= 15 is 0 Å². The summed E-state index contributed by atoms with van der Waals surface area (Å²) >= 11 is 0. The Bertz CT molecular complexity index is 573. The number of aryl methyl sites for hydroxylation is 1. The highest BCUT2D eigenvalue weighted by Gasteiger charge is 2.22. The highest BCUT2D eigenvalue weighted by atomic mass is 31.2. The van der Waals surface area contributed by atoms with Gasteiger partial charge < -0.3 is 4.57 Å². The van der Waals surface area contributed by atoms with Crippen molar-refractivity contribution in [3.63, 3.8) is 0 Å². The number of rotatable bonds is 2. The summed E-state index contributed by atoms with van der Waals surface area (Å²) in [6.45, 7) is 5.96. The van der Waals surface area contributed by atoms with Gasteiger partial charge in [-0.2, -0.15) is 0 Å². The van der Waals surface area contributed by atoms with E-state index in [2.05, 4.69) is 13.0 Å². The summed E-state index contributed by atoms with van der Waals surface area (Å²) in [5.74, 6) is 0. The molecule has 2 aromatic carbocycles. The first kappa shape index (κ1) is 12.1. The molecule has 0 spiro atoms. The van der Waals surface area contributed by atoms with Crippen LogP contribution in [0.25, 0.3) is 0 Å². The van der Waals surface area contributed by atoms with E-state index in [4.69, 9.17) is 0 Å². The second-order valence-electron chi connectivity index (χ2n) is 4.48. The van der Waals surface area contributed by atoms with Gasteiger partial charge in [0.2, 0.25) is 0 Å². The molecular weight excluding hydrogens is 227 g/mol. The fourth-order valence-corrected chi connectivity index (χ4v) is 4.26. The summed E-state index contributed by atoms with van der Waals surface area (Å²) in [6.07, 6.45) is 0. The van der Waals surface area contributed by atoms with Crippen LogP contribution in [0, 0.1) is 13.8 Å². The van der Waals surface area contributed by atoms with E-state index < -0.39 is 7.14 Å². The lowest BCUT2D eigenvalue weighted by Gasteiger charge is -2.17. The maximum absolute atomic E-state index is 13.0. The molecule has 2 rings (SSSR count). The van der Waals surface area contributed by atoms with Crippen LogP contribution in [-0.4, -0.2) is 6.66 Å². The maximum atomic E-state index is 13.0. The number of benzene rings is 2. The van der Waals surface area contributed by atoms with Gasteiger partial charge in [-0.3, -0.25) is 0 Å². The summed E-state index contributed by atoms with van der Waals surface area (Å²) in [6, 6.07) is 15.8. The highest BCUT2D eigenvalue weighted by molar-refractivity contribution is 7.78. The highest BCUT2D eigenvalue weighted by Crippen LogP contribution is 2.40. The van der Waals surface area contributed by atoms with E-state index in [-0.39, 0.29) is 0 Å². The average Bonchev–Trinajstić information content (AvgIpc) is 2.33. The van der Waals surface area contributed by atoms with Crippen molar-refractivity contribution in [2.24, 2.45) is 0 Å². The predicted molar refractivity (Wildman–Crippen MR) is 75.2 cm³/mol. The van der Waals surface area contributed by atoms with Gasteiger partial charge in [0.05, 0.1) is 0 Å². The van der Waals surface area contributed by atoms with Crippen LogP contribution in [0.2, 0.25) is 0 Å². The topological polar surface area (TPSA) is 17.1 Å². The van der Waals surface area contributed by atoms with Crippen LogP contribution < -0.4 is 10.6 Å². The van der Waals surface area contributed by atoms with Gasteiger partial charge in [-0.15, -0.1) is 0 Å². The number of hydrogen-bond acceptors (Lipinski definition) is 1. The van der Waals surface area contributed by atoms with Crippen molar-refractivity contribution in [2.45, 2.75) is 13.8 Å². The Balaban J connectivity index is 2.60. The summed E-state index contributed by atoms with van der Waals surface area (Å²) in [5, 5.41) is 1.90. The van der Waals surface area contributed by atoms with Crippen molar-refractivity contribution < 1.29 is 4.57 Å². The molecule has 0 fully saturated rings. The molecule has 1 unspecified atom stereocenters. The molecule has 0 amide bonds. The first-order chi connectivity index (χ1) is 8.03. The van der Waals surface area contributed by atoms with Crippen LogP contribution in [0.3, 0.4) is 0 Å². The molecule has 0 bridgehead atoms. The van der Waals surface area contributed by atoms with Gasteiger partial charge in [-0.25, -0.2) is 0 Å². The van der Waals surface area contributed by atoms with Gasteiger partial charge >= 0.3 is 0 Å². The van der Waals surface area contributed by atoms with E-state index in [1.165, 1.54) is 5.56 Å². The van der Waals surface area contributed by atoms with Crippen LogP contribution in [-0.2, 0) is 4.57 Å². The average molecular weight is 244 g/mol. The minimum absolute atomic E-state index is 0.925. The maximum Gasteiger partial charge on any atom is 0.140 e. The van der Waals surface area contributed by atoms with Crippen LogP contribution in [0.5, 0.6) is 0 Å². The molecule has 0 aliphatic rings. The summed E-state index contributed by atoms with van der Waals surface area (Å²) in [5.41, 5.74) is 2.34. The molecular formula is C15H17OP. The molecule has 0 radical (unpaired) electrons. The Morgan fingerprint density at radius 1 is 0.882 bits per heavy atom. The largest absolute Gasteiger partial charge is 0.314 e. The lowest BCUT2D eigenvalue weighted by molar-refractivity contribution is 0.590. The molecule has 0 heterocycles. The van der Waals surface area contributed by atoms with Crippen molar-refractivity contribution >= 4 is 17.8 Å². The molecule has 2 aromatic rings. The van der Waals surface area contributed by atoms with Gasteiger partial charge in [-0.05, 0) is 31.6 Å². The van der Waals surface area contributed by atoms with Crippen molar-refractivity contribution in [1.29, 1.82) is 0 Å². The third kappa shape index (κ3) is 2.21. The lowest BCUT2D eigenvalue weighted by Crippen LogP contribution is -2.18. The van der Waals surface area contributed by atoms with E-state index in [9.17, 15) is 4.57 Å². The zero-order valence-electron chi connectivity index (χ0n) is 10.5. The molecule has 0 aromatic heterocycles. The third-order valence-corrected chi connectivity index (χ3v) is 5.97. The van der Waals surface area contributed by atoms with Gasteiger partial charge in [-0.1, -0.05) is 48.5 Å². The van der Waals surface area contributed by atoms with Crippen molar-refractivity contribution in [3.05, 3.63) is 59.7 Å². The zero-order valence-corrected chi connectivity index (χ0v) is 11.4. The zero-order chi connectivity index (χ0) is 12.5. The molecule has 2 heteroatoms. The summed E-state index contributed by atoms with van der Waals surface area (Å²) in [7, 11) is -2.46. The predicted octanol–water partition coefficient (Wildman–Crippen LogP) is 3.25. The van der Waals surface area contributed by atoms with Crippen LogP contribution in [0.4, 0.5) is 0 Å². The normalized spacial score (nSPS) is 14.3. The molecule has 0 saturated carbocycles.